The molecular weight excluding hydrogens is 395 g/mol. The highest BCUT2D eigenvalue weighted by Crippen LogP contribution is 2.46. The van der Waals surface area contributed by atoms with Crippen LogP contribution in [-0.4, -0.2) is 21.4 Å². The second kappa shape index (κ2) is 7.10. The second-order valence-corrected chi connectivity index (χ2v) is 6.88. The summed E-state index contributed by atoms with van der Waals surface area (Å²) in [5.74, 6) is 0.469. The van der Waals surface area contributed by atoms with Gasteiger partial charge in [0, 0.05) is 11.4 Å². The normalized spacial score (nSPS) is 19.3. The lowest BCUT2D eigenvalue weighted by Crippen LogP contribution is -2.45. The number of hydrogen-bond donors (Lipinski definition) is 0. The maximum atomic E-state index is 13.8. The number of alkyl halides is 3. The first-order chi connectivity index (χ1) is 13.4. The molecule has 0 N–H and O–H groups in total. The average molecular weight is 410 g/mol. The lowest BCUT2D eigenvalue weighted by Gasteiger charge is -2.43. The van der Waals surface area contributed by atoms with E-state index in [4.69, 9.17) is 21.1 Å². The number of halogens is 4. The van der Waals surface area contributed by atoms with Gasteiger partial charge in [0.1, 0.15) is 29.8 Å². The second-order valence-electron chi connectivity index (χ2n) is 6.45. The molecule has 3 aromatic rings. The molecule has 0 amide bonds. The van der Waals surface area contributed by atoms with E-state index in [0.29, 0.717) is 23.8 Å². The predicted molar refractivity (Wildman–Crippen MR) is 95.2 cm³/mol. The van der Waals surface area contributed by atoms with Gasteiger partial charge in [-0.2, -0.15) is 18.3 Å². The fourth-order valence-electron chi connectivity index (χ4n) is 3.20. The summed E-state index contributed by atoms with van der Waals surface area (Å²) in [6, 6.07) is 10.3. The largest absolute Gasteiger partial charge is 0.457 e. The quantitative estimate of drug-likeness (QED) is 0.591. The number of aromatic nitrogens is 3. The smallest absolute Gasteiger partial charge is 0.416 e. The van der Waals surface area contributed by atoms with Crippen LogP contribution in [0.2, 0.25) is 5.02 Å². The van der Waals surface area contributed by atoms with Crippen LogP contribution >= 0.6 is 11.6 Å². The third kappa shape index (κ3) is 3.70. The Kier molecular flexibility index (Phi) is 4.76. The van der Waals surface area contributed by atoms with Gasteiger partial charge in [-0.15, -0.1) is 0 Å². The summed E-state index contributed by atoms with van der Waals surface area (Å²) in [6.07, 6.45) is -1.33. The first-order valence-electron chi connectivity index (χ1n) is 8.47. The molecule has 5 nitrogen and oxygen atoms in total. The molecule has 4 rings (SSSR count). The van der Waals surface area contributed by atoms with Crippen molar-refractivity contribution in [2.45, 2.75) is 24.7 Å². The van der Waals surface area contributed by atoms with Gasteiger partial charge in [0.25, 0.3) is 0 Å². The van der Waals surface area contributed by atoms with Crippen LogP contribution in [0.4, 0.5) is 13.2 Å². The summed E-state index contributed by atoms with van der Waals surface area (Å²) in [5, 5.41) is 4.50. The monoisotopic (exact) mass is 409 g/mol. The van der Waals surface area contributed by atoms with Gasteiger partial charge in [0.15, 0.2) is 0 Å². The Hall–Kier alpha value is -2.58. The Morgan fingerprint density at radius 1 is 1.14 bits per heavy atom. The highest BCUT2D eigenvalue weighted by Gasteiger charge is 2.47. The number of rotatable bonds is 5. The highest BCUT2D eigenvalue weighted by atomic mass is 35.5. The van der Waals surface area contributed by atoms with Crippen molar-refractivity contribution in [1.29, 1.82) is 0 Å². The molecule has 28 heavy (non-hydrogen) atoms. The Bertz CT molecular complexity index is 956. The summed E-state index contributed by atoms with van der Waals surface area (Å²) in [6.45, 7) is 0.530. The average Bonchev–Trinajstić information content (AvgIpc) is 3.13. The first-order valence-corrected chi connectivity index (χ1v) is 8.85. The minimum atomic E-state index is -4.57. The van der Waals surface area contributed by atoms with Gasteiger partial charge in [-0.3, -0.25) is 0 Å². The van der Waals surface area contributed by atoms with E-state index < -0.39 is 17.3 Å². The number of ether oxygens (including phenoxy) is 2. The number of benzene rings is 2. The van der Waals surface area contributed by atoms with Gasteiger partial charge in [-0.1, -0.05) is 17.7 Å². The predicted octanol–water partition coefficient (Wildman–Crippen LogP) is 5.06. The molecule has 1 atom stereocenters. The van der Waals surface area contributed by atoms with Crippen molar-refractivity contribution < 1.29 is 22.6 Å². The molecule has 0 spiro atoms. The molecule has 1 aromatic heterocycles. The van der Waals surface area contributed by atoms with E-state index in [1.165, 1.54) is 29.5 Å². The zero-order valence-electron chi connectivity index (χ0n) is 14.5. The van der Waals surface area contributed by atoms with E-state index in [0.717, 1.165) is 6.07 Å². The van der Waals surface area contributed by atoms with Crippen LogP contribution in [0.25, 0.3) is 0 Å². The Labute approximate surface area is 163 Å². The molecule has 1 fully saturated rings. The van der Waals surface area contributed by atoms with E-state index in [1.54, 1.807) is 24.3 Å². The summed E-state index contributed by atoms with van der Waals surface area (Å²) in [5.41, 5.74) is -1.83. The van der Waals surface area contributed by atoms with Crippen LogP contribution in [0, 0.1) is 0 Å². The van der Waals surface area contributed by atoms with Crippen LogP contribution < -0.4 is 4.74 Å². The van der Waals surface area contributed by atoms with Crippen molar-refractivity contribution in [1.82, 2.24) is 14.8 Å². The van der Waals surface area contributed by atoms with E-state index in [-0.39, 0.29) is 17.9 Å². The lowest BCUT2D eigenvalue weighted by molar-refractivity contribution is -0.176. The van der Waals surface area contributed by atoms with Crippen LogP contribution in [0.1, 0.15) is 17.5 Å². The summed E-state index contributed by atoms with van der Waals surface area (Å²) in [4.78, 5) is 3.84. The zero-order valence-corrected chi connectivity index (χ0v) is 15.2. The van der Waals surface area contributed by atoms with Crippen LogP contribution in [-0.2, 0) is 23.1 Å². The molecule has 0 radical (unpaired) electrons. The van der Waals surface area contributed by atoms with Crippen LogP contribution in [0.15, 0.2) is 55.1 Å². The molecule has 0 aliphatic carbocycles. The van der Waals surface area contributed by atoms with Gasteiger partial charge < -0.3 is 9.47 Å². The molecule has 1 aliphatic heterocycles. The highest BCUT2D eigenvalue weighted by molar-refractivity contribution is 6.30. The molecule has 1 aliphatic rings. The Balaban J connectivity index is 1.70. The summed E-state index contributed by atoms with van der Waals surface area (Å²) in [7, 11) is 0. The third-order valence-corrected chi connectivity index (χ3v) is 4.86. The van der Waals surface area contributed by atoms with Gasteiger partial charge in [0.05, 0.1) is 18.7 Å². The van der Waals surface area contributed by atoms with E-state index >= 15 is 0 Å². The van der Waals surface area contributed by atoms with Crippen LogP contribution in [0.5, 0.6) is 11.5 Å². The van der Waals surface area contributed by atoms with Crippen molar-refractivity contribution in [3.8, 4) is 11.5 Å². The molecule has 146 valence electrons. The SMILES string of the molecule is FC(F)(F)c1cc(Oc2ccc(Cl)cc2)ccc1C1(Cn2cncn2)CCO1. The maximum Gasteiger partial charge on any atom is 0.416 e. The van der Waals surface area contributed by atoms with Crippen molar-refractivity contribution >= 4 is 11.6 Å². The molecule has 1 unspecified atom stereocenters. The zero-order chi connectivity index (χ0) is 19.8. The number of nitrogens with zero attached hydrogens (tertiary/aromatic N) is 3. The maximum absolute atomic E-state index is 13.8. The van der Waals surface area contributed by atoms with Gasteiger partial charge in [0.2, 0.25) is 0 Å². The van der Waals surface area contributed by atoms with Crippen LogP contribution in [0.3, 0.4) is 0 Å². The number of hydrogen-bond acceptors (Lipinski definition) is 4. The minimum absolute atomic E-state index is 0.0604. The minimum Gasteiger partial charge on any atom is -0.457 e. The van der Waals surface area contributed by atoms with Crippen molar-refractivity contribution in [3.05, 3.63) is 71.3 Å². The summed E-state index contributed by atoms with van der Waals surface area (Å²) < 4.78 is 54.2. The molecular formula is C19H15ClF3N3O2. The van der Waals surface area contributed by atoms with Gasteiger partial charge in [-0.05, 0) is 42.0 Å². The van der Waals surface area contributed by atoms with Gasteiger partial charge >= 0.3 is 6.18 Å². The van der Waals surface area contributed by atoms with Crippen molar-refractivity contribution in [2.24, 2.45) is 0 Å². The topological polar surface area (TPSA) is 49.2 Å². The Morgan fingerprint density at radius 3 is 2.43 bits per heavy atom. The standard InChI is InChI=1S/C19H15ClF3N3O2/c20-13-1-3-14(4-2-13)28-15-5-6-16(17(9-15)19(21,22)23)18(7-8-27-18)10-26-12-24-11-25-26/h1-6,9,11-12H,7-8,10H2. The summed E-state index contributed by atoms with van der Waals surface area (Å²) >= 11 is 5.82. The molecule has 2 aromatic carbocycles. The van der Waals surface area contributed by atoms with Gasteiger partial charge in [-0.25, -0.2) is 9.67 Å². The molecule has 0 bridgehead atoms. The molecule has 9 heteroatoms. The van der Waals surface area contributed by atoms with E-state index in [1.807, 2.05) is 0 Å². The molecule has 1 saturated heterocycles. The molecule has 0 saturated carbocycles. The third-order valence-electron chi connectivity index (χ3n) is 4.60. The Morgan fingerprint density at radius 2 is 1.86 bits per heavy atom. The van der Waals surface area contributed by atoms with E-state index in [2.05, 4.69) is 10.1 Å². The van der Waals surface area contributed by atoms with Crippen molar-refractivity contribution in [2.75, 3.05) is 6.61 Å². The first kappa shape index (κ1) is 18.8. The fourth-order valence-corrected chi connectivity index (χ4v) is 3.33. The lowest BCUT2D eigenvalue weighted by atomic mass is 9.83. The molecule has 2 heterocycles. The fraction of sp³-hybridized carbons (Fsp3) is 0.263. The van der Waals surface area contributed by atoms with Crippen molar-refractivity contribution in [3.63, 3.8) is 0 Å². The van der Waals surface area contributed by atoms with E-state index in [9.17, 15) is 13.2 Å².